The minimum absolute atomic E-state index is 0.00763. The molecule has 40 heavy (non-hydrogen) atoms. The van der Waals surface area contributed by atoms with Gasteiger partial charge < -0.3 is 24.8 Å². The summed E-state index contributed by atoms with van der Waals surface area (Å²) in [5, 5.41) is 32.8. The first-order chi connectivity index (χ1) is 18.9. The number of hydrogen-bond donors (Lipinski definition) is 3. The molecule has 0 aromatic heterocycles. The lowest BCUT2D eigenvalue weighted by Crippen LogP contribution is -2.29. The van der Waals surface area contributed by atoms with Crippen LogP contribution in [0.5, 0.6) is 23.0 Å². The maximum Gasteiger partial charge on any atom is 0.300 e. The highest BCUT2D eigenvalue weighted by atomic mass is 35.5. The highest BCUT2D eigenvalue weighted by Crippen LogP contribution is 2.47. The molecule has 1 saturated heterocycles. The molecule has 1 aliphatic rings. The molecule has 0 spiro atoms. The van der Waals surface area contributed by atoms with Crippen molar-refractivity contribution in [2.75, 3.05) is 18.1 Å². The number of anilines is 1. The molecule has 3 N–H and O–H groups in total. The number of aliphatic hydroxyl groups excluding tert-OH is 1. The average molecular weight is 566 g/mol. The van der Waals surface area contributed by atoms with Crippen LogP contribution in [0, 0.1) is 0 Å². The predicted octanol–water partition coefficient (Wildman–Crippen LogP) is 6.47. The predicted molar refractivity (Wildman–Crippen MR) is 153 cm³/mol. The van der Waals surface area contributed by atoms with E-state index in [9.17, 15) is 24.9 Å². The molecule has 9 heteroatoms. The Hall–Kier alpha value is -4.17. The molecule has 1 amide bonds. The van der Waals surface area contributed by atoms with Gasteiger partial charge in [-0.3, -0.25) is 14.5 Å². The number of Topliss-reactive ketones (excluding diaryl/α,β-unsaturated/α-hetero) is 1. The van der Waals surface area contributed by atoms with E-state index >= 15 is 0 Å². The minimum Gasteiger partial charge on any atom is -0.507 e. The van der Waals surface area contributed by atoms with E-state index < -0.39 is 23.5 Å². The third-order valence-electron chi connectivity index (χ3n) is 6.60. The fraction of sp³-hybridized carbons (Fsp3) is 0.290. The lowest BCUT2D eigenvalue weighted by molar-refractivity contribution is -0.132. The fourth-order valence-corrected chi connectivity index (χ4v) is 4.92. The molecular weight excluding hydrogens is 534 g/mol. The number of aromatic hydroxyl groups is 2. The number of ketones is 1. The van der Waals surface area contributed by atoms with E-state index in [4.69, 9.17) is 21.1 Å². The van der Waals surface area contributed by atoms with Crippen LogP contribution in [0.1, 0.15) is 57.4 Å². The monoisotopic (exact) mass is 565 g/mol. The molecular formula is C31H32ClNO7. The highest BCUT2D eigenvalue weighted by molar-refractivity contribution is 6.52. The summed E-state index contributed by atoms with van der Waals surface area (Å²) in [5.41, 5.74) is 0.926. The normalized spacial score (nSPS) is 16.9. The molecule has 8 nitrogen and oxygen atoms in total. The number of rotatable bonds is 7. The van der Waals surface area contributed by atoms with Crippen LogP contribution in [0.15, 0.2) is 60.2 Å². The number of phenolic OH excluding ortho intramolecular Hbond substituents is 2. The molecule has 0 aliphatic carbocycles. The second kappa shape index (κ2) is 11.1. The van der Waals surface area contributed by atoms with Crippen molar-refractivity contribution in [1.82, 2.24) is 0 Å². The van der Waals surface area contributed by atoms with Crippen molar-refractivity contribution < 1.29 is 34.4 Å². The van der Waals surface area contributed by atoms with Crippen LogP contribution in [0.3, 0.4) is 0 Å². The molecule has 210 valence electrons. The molecule has 3 aromatic carbocycles. The number of ether oxygens (including phenoxy) is 2. The van der Waals surface area contributed by atoms with E-state index in [1.54, 1.807) is 25.1 Å². The Balaban J connectivity index is 2.00. The number of carbonyl (C=O) groups excluding carboxylic acids is 2. The third kappa shape index (κ3) is 5.31. The third-order valence-corrected chi connectivity index (χ3v) is 6.84. The van der Waals surface area contributed by atoms with Gasteiger partial charge in [-0.05, 0) is 73.4 Å². The highest BCUT2D eigenvalue weighted by Gasteiger charge is 2.48. The molecule has 3 aromatic rings. The van der Waals surface area contributed by atoms with E-state index in [0.29, 0.717) is 23.5 Å². The average Bonchev–Trinajstić information content (AvgIpc) is 3.16. The zero-order chi connectivity index (χ0) is 29.4. The Morgan fingerprint density at radius 3 is 2.20 bits per heavy atom. The standard InChI is InChI=1S/C31H32ClNO7/c1-6-39-24-13-9-18(14-20(24)31(3,4)5)28(36)26-27(17-8-11-23(35)25(15-17)40-7-2)33(30(38)29(26)37)21-16-19(32)10-12-22(21)34/h8-16,27,34-36H,6-7H2,1-5H3/b28-26+. The van der Waals surface area contributed by atoms with Gasteiger partial charge in [0.15, 0.2) is 11.5 Å². The van der Waals surface area contributed by atoms with Crippen molar-refractivity contribution in [3.8, 4) is 23.0 Å². The largest absolute Gasteiger partial charge is 0.507 e. The number of phenols is 2. The van der Waals surface area contributed by atoms with Crippen LogP contribution < -0.4 is 14.4 Å². The fourth-order valence-electron chi connectivity index (χ4n) is 4.76. The lowest BCUT2D eigenvalue weighted by atomic mass is 9.84. The smallest absolute Gasteiger partial charge is 0.300 e. The quantitative estimate of drug-likeness (QED) is 0.171. The second-order valence-electron chi connectivity index (χ2n) is 10.4. The maximum atomic E-state index is 13.6. The zero-order valence-electron chi connectivity index (χ0n) is 23.0. The van der Waals surface area contributed by atoms with E-state index in [-0.39, 0.29) is 45.6 Å². The Labute approximate surface area is 238 Å². The van der Waals surface area contributed by atoms with Crippen molar-refractivity contribution in [2.45, 2.75) is 46.1 Å². The number of benzene rings is 3. The van der Waals surface area contributed by atoms with Crippen LogP contribution >= 0.6 is 11.6 Å². The number of halogens is 1. The van der Waals surface area contributed by atoms with Crippen LogP contribution in [0.4, 0.5) is 5.69 Å². The first-order valence-electron chi connectivity index (χ1n) is 12.9. The van der Waals surface area contributed by atoms with Crippen molar-refractivity contribution in [1.29, 1.82) is 0 Å². The molecule has 0 radical (unpaired) electrons. The van der Waals surface area contributed by atoms with Gasteiger partial charge in [0.1, 0.15) is 17.3 Å². The number of nitrogens with zero attached hydrogens (tertiary/aromatic N) is 1. The second-order valence-corrected chi connectivity index (χ2v) is 10.8. The van der Waals surface area contributed by atoms with Crippen LogP contribution in [0.2, 0.25) is 5.02 Å². The Morgan fingerprint density at radius 1 is 0.900 bits per heavy atom. The number of amides is 1. The molecule has 1 unspecified atom stereocenters. The van der Waals surface area contributed by atoms with Crippen LogP contribution in [0.25, 0.3) is 5.76 Å². The summed E-state index contributed by atoms with van der Waals surface area (Å²) in [6.45, 7) is 10.3. The SMILES string of the molecule is CCOc1cc(C2/C(=C(\O)c3ccc(OCC)c(C(C)(C)C)c3)C(=O)C(=O)N2c2cc(Cl)ccc2O)ccc1O. The van der Waals surface area contributed by atoms with Gasteiger partial charge in [-0.2, -0.15) is 0 Å². The lowest BCUT2D eigenvalue weighted by Gasteiger charge is -2.27. The summed E-state index contributed by atoms with van der Waals surface area (Å²) in [5.74, 6) is -1.93. The van der Waals surface area contributed by atoms with Crippen LogP contribution in [-0.4, -0.2) is 40.2 Å². The topological polar surface area (TPSA) is 117 Å². The van der Waals surface area contributed by atoms with E-state index in [1.807, 2.05) is 27.7 Å². The summed E-state index contributed by atoms with van der Waals surface area (Å²) in [7, 11) is 0. The Bertz CT molecular complexity index is 1510. The van der Waals surface area contributed by atoms with E-state index in [1.165, 1.54) is 36.4 Å². The van der Waals surface area contributed by atoms with Crippen LogP contribution in [-0.2, 0) is 15.0 Å². The van der Waals surface area contributed by atoms with Gasteiger partial charge in [0.05, 0.1) is 30.5 Å². The van der Waals surface area contributed by atoms with Gasteiger partial charge in [-0.15, -0.1) is 0 Å². The number of aliphatic hydroxyl groups is 1. The van der Waals surface area contributed by atoms with Crippen molar-refractivity contribution >= 4 is 34.7 Å². The first kappa shape index (κ1) is 28.8. The summed E-state index contributed by atoms with van der Waals surface area (Å²) in [6.07, 6.45) is 0. The maximum absolute atomic E-state index is 13.6. The minimum atomic E-state index is -1.17. The van der Waals surface area contributed by atoms with Gasteiger partial charge >= 0.3 is 0 Å². The van der Waals surface area contributed by atoms with Gasteiger partial charge in [-0.25, -0.2) is 0 Å². The van der Waals surface area contributed by atoms with Crippen molar-refractivity contribution in [3.05, 3.63) is 81.9 Å². The molecule has 4 rings (SSSR count). The molecule has 1 atom stereocenters. The van der Waals surface area contributed by atoms with Gasteiger partial charge in [-0.1, -0.05) is 38.4 Å². The first-order valence-corrected chi connectivity index (χ1v) is 13.3. The van der Waals surface area contributed by atoms with Gasteiger partial charge in [0.25, 0.3) is 11.7 Å². The number of hydrogen-bond acceptors (Lipinski definition) is 7. The molecule has 1 aliphatic heterocycles. The molecule has 0 saturated carbocycles. The molecule has 0 bridgehead atoms. The molecule has 1 heterocycles. The Kier molecular flexibility index (Phi) is 8.03. The summed E-state index contributed by atoms with van der Waals surface area (Å²) >= 11 is 6.20. The van der Waals surface area contributed by atoms with Crippen molar-refractivity contribution in [3.63, 3.8) is 0 Å². The van der Waals surface area contributed by atoms with Gasteiger partial charge in [0, 0.05) is 16.1 Å². The van der Waals surface area contributed by atoms with E-state index in [2.05, 4.69) is 0 Å². The van der Waals surface area contributed by atoms with E-state index in [0.717, 1.165) is 10.5 Å². The summed E-state index contributed by atoms with van der Waals surface area (Å²) in [4.78, 5) is 28.2. The zero-order valence-corrected chi connectivity index (χ0v) is 23.7. The molecule has 1 fully saturated rings. The summed E-state index contributed by atoms with van der Waals surface area (Å²) in [6, 6.07) is 12.5. The van der Waals surface area contributed by atoms with Crippen molar-refractivity contribution in [2.24, 2.45) is 0 Å². The Morgan fingerprint density at radius 2 is 1.55 bits per heavy atom. The number of carbonyl (C=O) groups is 2. The summed E-state index contributed by atoms with van der Waals surface area (Å²) < 4.78 is 11.3. The van der Waals surface area contributed by atoms with Gasteiger partial charge in [0.2, 0.25) is 0 Å².